The smallest absolute Gasteiger partial charge is 0.306 e. The van der Waals surface area contributed by atoms with Crippen molar-refractivity contribution in [3.05, 3.63) is 36.5 Å². The van der Waals surface area contributed by atoms with Crippen LogP contribution >= 0.6 is 0 Å². The highest BCUT2D eigenvalue weighted by molar-refractivity contribution is 5.71. The van der Waals surface area contributed by atoms with E-state index in [0.29, 0.717) is 19.3 Å². The molecule has 0 N–H and O–H groups in total. The minimum atomic E-state index is -0.774. The van der Waals surface area contributed by atoms with E-state index in [4.69, 9.17) is 14.2 Å². The Morgan fingerprint density at radius 2 is 0.537 bits per heavy atom. The fraction of sp³-hybridized carbons (Fsp3) is 0.852. The predicted octanol–water partition coefficient (Wildman–Crippen LogP) is 19.7. The number of carbonyl (C=O) groups excluding carboxylic acids is 3. The maximum Gasteiger partial charge on any atom is 0.306 e. The van der Waals surface area contributed by atoms with E-state index in [1.807, 2.05) is 0 Å². The molecule has 0 radical (unpaired) electrons. The molecular weight excluding hydrogens is 829 g/mol. The molecule has 0 saturated heterocycles. The topological polar surface area (TPSA) is 78.9 Å². The van der Waals surface area contributed by atoms with Gasteiger partial charge in [-0.2, -0.15) is 0 Å². The minimum absolute atomic E-state index is 0.0734. The summed E-state index contributed by atoms with van der Waals surface area (Å²) in [6.07, 6.45) is 67.0. The summed E-state index contributed by atoms with van der Waals surface area (Å²) >= 11 is 0. The van der Waals surface area contributed by atoms with E-state index in [2.05, 4.69) is 57.2 Å². The third-order valence-electron chi connectivity index (χ3n) is 13.1. The zero-order valence-corrected chi connectivity index (χ0v) is 44.9. The van der Waals surface area contributed by atoms with Crippen LogP contribution in [0.4, 0.5) is 0 Å². The lowest BCUT2D eigenvalue weighted by Gasteiger charge is -2.18. The van der Waals surface area contributed by atoms with Crippen LogP contribution in [0.15, 0.2) is 36.5 Å². The van der Waals surface area contributed by atoms with Gasteiger partial charge in [0.15, 0.2) is 6.10 Å². The van der Waals surface area contributed by atoms with Crippen LogP contribution in [0.2, 0.25) is 0 Å². The van der Waals surface area contributed by atoms with Gasteiger partial charge in [0.25, 0.3) is 0 Å². The van der Waals surface area contributed by atoms with Crippen molar-refractivity contribution >= 4 is 17.9 Å². The standard InChI is InChI=1S/C61H112O6/c1-4-7-10-13-16-19-22-25-28-30-33-36-39-42-45-48-51-54-60(63)66-57-58(56-65-59(62)53-50-47-44-41-38-35-32-27-24-21-18-15-12-9-6-3)67-61(64)55-52-49-46-43-40-37-34-31-29-26-23-20-17-14-11-8-5-2/h16,19,21,24-25,28,58H,4-15,17-18,20,22-23,26-27,29-57H2,1-3H3/b19-16-,24-21-,28-25-. The zero-order chi connectivity index (χ0) is 48.6. The first-order valence-corrected chi connectivity index (χ1v) is 29.5. The van der Waals surface area contributed by atoms with E-state index in [9.17, 15) is 14.4 Å². The first kappa shape index (κ1) is 64.6. The number of hydrogen-bond donors (Lipinski definition) is 0. The van der Waals surface area contributed by atoms with Gasteiger partial charge in [0.05, 0.1) is 0 Å². The Morgan fingerprint density at radius 1 is 0.299 bits per heavy atom. The Hall–Kier alpha value is -2.37. The summed E-state index contributed by atoms with van der Waals surface area (Å²) in [6, 6.07) is 0. The lowest BCUT2D eigenvalue weighted by atomic mass is 10.0. The molecule has 0 aliphatic heterocycles. The number of allylic oxidation sites excluding steroid dienone is 6. The largest absolute Gasteiger partial charge is 0.462 e. The van der Waals surface area contributed by atoms with Crippen molar-refractivity contribution in [2.24, 2.45) is 0 Å². The van der Waals surface area contributed by atoms with Gasteiger partial charge in [0.1, 0.15) is 13.2 Å². The summed E-state index contributed by atoms with van der Waals surface area (Å²) in [5.74, 6) is -0.866. The Morgan fingerprint density at radius 3 is 0.881 bits per heavy atom. The lowest BCUT2D eigenvalue weighted by Crippen LogP contribution is -2.30. The molecule has 0 rings (SSSR count). The summed E-state index contributed by atoms with van der Waals surface area (Å²) in [5, 5.41) is 0. The number of hydrogen-bond acceptors (Lipinski definition) is 6. The molecule has 0 saturated carbocycles. The average Bonchev–Trinajstić information content (AvgIpc) is 3.33. The Bertz CT molecular complexity index is 1130. The molecule has 1 atom stereocenters. The normalized spacial score (nSPS) is 12.2. The van der Waals surface area contributed by atoms with E-state index in [1.54, 1.807) is 0 Å². The van der Waals surface area contributed by atoms with E-state index in [0.717, 1.165) is 70.6 Å². The first-order valence-electron chi connectivity index (χ1n) is 29.5. The second kappa shape index (κ2) is 56.2. The first-order chi connectivity index (χ1) is 33.0. The molecule has 0 aliphatic carbocycles. The van der Waals surface area contributed by atoms with E-state index in [1.165, 1.54) is 205 Å². The molecular formula is C61H112O6. The van der Waals surface area contributed by atoms with E-state index < -0.39 is 6.10 Å². The predicted molar refractivity (Wildman–Crippen MR) is 289 cm³/mol. The third kappa shape index (κ3) is 54.4. The fourth-order valence-corrected chi connectivity index (χ4v) is 8.65. The van der Waals surface area contributed by atoms with Gasteiger partial charge in [-0.25, -0.2) is 0 Å². The van der Waals surface area contributed by atoms with Crippen LogP contribution in [-0.2, 0) is 28.6 Å². The quantitative estimate of drug-likeness (QED) is 0.0262. The second-order valence-electron chi connectivity index (χ2n) is 19.9. The summed E-state index contributed by atoms with van der Waals surface area (Å²) in [7, 11) is 0. The Balaban J connectivity index is 4.35. The summed E-state index contributed by atoms with van der Waals surface area (Å²) < 4.78 is 16.9. The highest BCUT2D eigenvalue weighted by atomic mass is 16.6. The number of esters is 3. The molecule has 6 nitrogen and oxygen atoms in total. The Labute approximate surface area is 416 Å². The van der Waals surface area contributed by atoms with Gasteiger partial charge in [-0.15, -0.1) is 0 Å². The van der Waals surface area contributed by atoms with Crippen molar-refractivity contribution in [3.8, 4) is 0 Å². The van der Waals surface area contributed by atoms with Gasteiger partial charge in [-0.1, -0.05) is 256 Å². The lowest BCUT2D eigenvalue weighted by molar-refractivity contribution is -0.167. The molecule has 0 heterocycles. The van der Waals surface area contributed by atoms with Gasteiger partial charge in [-0.3, -0.25) is 14.4 Å². The van der Waals surface area contributed by atoms with Gasteiger partial charge in [0.2, 0.25) is 0 Å². The van der Waals surface area contributed by atoms with Gasteiger partial charge < -0.3 is 14.2 Å². The molecule has 6 heteroatoms. The molecule has 0 aromatic rings. The summed E-state index contributed by atoms with van der Waals surface area (Å²) in [5.41, 5.74) is 0. The SMILES string of the molecule is CCCCC/C=C\C/C=C\CCCCCCCCCC(=O)OCC(COC(=O)CCCCCCCCC/C=C\CCCCCC)OC(=O)CCCCCCCCCCCCCCCCCCC. The minimum Gasteiger partial charge on any atom is -0.462 e. The van der Waals surface area contributed by atoms with Crippen LogP contribution in [0.1, 0.15) is 316 Å². The van der Waals surface area contributed by atoms with Crippen LogP contribution in [0, 0.1) is 0 Å². The fourth-order valence-electron chi connectivity index (χ4n) is 8.65. The van der Waals surface area contributed by atoms with E-state index >= 15 is 0 Å². The maximum absolute atomic E-state index is 12.9. The molecule has 1 unspecified atom stereocenters. The molecule has 67 heavy (non-hydrogen) atoms. The highest BCUT2D eigenvalue weighted by Gasteiger charge is 2.19. The molecule has 0 aliphatic rings. The van der Waals surface area contributed by atoms with Gasteiger partial charge in [-0.05, 0) is 77.0 Å². The van der Waals surface area contributed by atoms with Crippen LogP contribution in [0.5, 0.6) is 0 Å². The number of ether oxygens (including phenoxy) is 3. The molecule has 0 spiro atoms. The zero-order valence-electron chi connectivity index (χ0n) is 44.9. The van der Waals surface area contributed by atoms with Gasteiger partial charge in [0, 0.05) is 19.3 Å². The van der Waals surface area contributed by atoms with Gasteiger partial charge >= 0.3 is 17.9 Å². The third-order valence-corrected chi connectivity index (χ3v) is 13.1. The van der Waals surface area contributed by atoms with Crippen LogP contribution in [0.3, 0.4) is 0 Å². The van der Waals surface area contributed by atoms with Crippen molar-refractivity contribution in [2.45, 2.75) is 322 Å². The molecule has 392 valence electrons. The average molecular weight is 942 g/mol. The van der Waals surface area contributed by atoms with Crippen molar-refractivity contribution < 1.29 is 28.6 Å². The van der Waals surface area contributed by atoms with Crippen LogP contribution in [-0.4, -0.2) is 37.2 Å². The van der Waals surface area contributed by atoms with Crippen LogP contribution in [0.25, 0.3) is 0 Å². The van der Waals surface area contributed by atoms with Crippen molar-refractivity contribution in [1.82, 2.24) is 0 Å². The monoisotopic (exact) mass is 941 g/mol. The highest BCUT2D eigenvalue weighted by Crippen LogP contribution is 2.17. The van der Waals surface area contributed by atoms with Crippen LogP contribution < -0.4 is 0 Å². The summed E-state index contributed by atoms with van der Waals surface area (Å²) in [4.78, 5) is 38.2. The van der Waals surface area contributed by atoms with Crippen molar-refractivity contribution in [1.29, 1.82) is 0 Å². The van der Waals surface area contributed by atoms with Crippen molar-refractivity contribution in [2.75, 3.05) is 13.2 Å². The maximum atomic E-state index is 12.9. The molecule has 0 amide bonds. The van der Waals surface area contributed by atoms with E-state index in [-0.39, 0.29) is 31.1 Å². The number of carbonyl (C=O) groups is 3. The molecule has 0 fully saturated rings. The Kier molecular flexibility index (Phi) is 54.2. The molecule has 0 aromatic carbocycles. The molecule has 0 aromatic heterocycles. The summed E-state index contributed by atoms with van der Waals surface area (Å²) in [6.45, 7) is 6.64. The van der Waals surface area contributed by atoms with Crippen molar-refractivity contribution in [3.63, 3.8) is 0 Å². The second-order valence-corrected chi connectivity index (χ2v) is 19.9. The number of unbranched alkanes of at least 4 members (excludes halogenated alkanes) is 37. The molecule has 0 bridgehead atoms. The number of rotatable bonds is 54.